The van der Waals surface area contributed by atoms with Gasteiger partial charge in [0.05, 0.1) is 12.6 Å². The molecule has 0 unspecified atom stereocenters. The smallest absolute Gasteiger partial charge is 0.246 e. The number of hydrogen-bond acceptors (Lipinski definition) is 7. The van der Waals surface area contributed by atoms with Gasteiger partial charge in [0.1, 0.15) is 0 Å². The predicted octanol–water partition coefficient (Wildman–Crippen LogP) is 3.65. The van der Waals surface area contributed by atoms with Crippen molar-refractivity contribution in [1.29, 1.82) is 0 Å². The lowest BCUT2D eigenvalue weighted by atomic mass is 10.1. The molecule has 0 radical (unpaired) electrons. The number of rotatable bonds is 6. The largest absolute Gasteiger partial charge is 0.376 e. The van der Waals surface area contributed by atoms with E-state index >= 15 is 0 Å². The molecule has 2 heterocycles. The van der Waals surface area contributed by atoms with E-state index < -0.39 is 0 Å². The van der Waals surface area contributed by atoms with Crippen molar-refractivity contribution in [3.63, 3.8) is 0 Å². The average molecular weight is 373 g/mol. The van der Waals surface area contributed by atoms with Gasteiger partial charge >= 0.3 is 0 Å². The monoisotopic (exact) mass is 373 g/mol. The van der Waals surface area contributed by atoms with Gasteiger partial charge in [0, 0.05) is 16.8 Å². The van der Waals surface area contributed by atoms with E-state index in [1.54, 1.807) is 0 Å². The number of tetrazole rings is 1. The van der Waals surface area contributed by atoms with Gasteiger partial charge < -0.3 is 9.84 Å². The number of benzene rings is 2. The first-order valence-electron chi connectivity index (χ1n) is 9.28. The summed E-state index contributed by atoms with van der Waals surface area (Å²) in [7, 11) is 0. The molecule has 4 aromatic rings. The van der Waals surface area contributed by atoms with Crippen molar-refractivity contribution in [2.45, 2.75) is 32.4 Å². The van der Waals surface area contributed by atoms with Crippen molar-refractivity contribution in [2.24, 2.45) is 0 Å². The third-order valence-corrected chi connectivity index (χ3v) is 4.75. The van der Waals surface area contributed by atoms with E-state index in [0.717, 1.165) is 35.5 Å². The minimum atomic E-state index is 0.447. The molecule has 0 spiro atoms. The minimum Gasteiger partial charge on any atom is -0.376 e. The number of nitrogens with one attached hydrogen (secondary N) is 1. The fourth-order valence-electron chi connectivity index (χ4n) is 3.01. The Kier molecular flexibility index (Phi) is 4.08. The van der Waals surface area contributed by atoms with Gasteiger partial charge in [-0.1, -0.05) is 35.0 Å². The van der Waals surface area contributed by atoms with Gasteiger partial charge in [-0.25, -0.2) is 4.68 Å². The quantitative estimate of drug-likeness (QED) is 0.551. The van der Waals surface area contributed by atoms with Crippen LogP contribution < -0.4 is 5.32 Å². The number of aromatic nitrogens is 6. The van der Waals surface area contributed by atoms with E-state index in [4.69, 9.17) is 4.52 Å². The number of aryl methyl sites for hydroxylation is 1. The lowest BCUT2D eigenvalue weighted by molar-refractivity contribution is 0.384. The van der Waals surface area contributed by atoms with Crippen LogP contribution in [0.4, 0.5) is 5.69 Å². The van der Waals surface area contributed by atoms with Crippen LogP contribution in [-0.2, 0) is 6.54 Å². The Hall–Kier alpha value is -3.55. The Labute approximate surface area is 161 Å². The number of hydrogen-bond donors (Lipinski definition) is 1. The van der Waals surface area contributed by atoms with E-state index in [0.29, 0.717) is 24.3 Å². The zero-order chi connectivity index (χ0) is 18.9. The fraction of sp³-hybridized carbons (Fsp3) is 0.250. The summed E-state index contributed by atoms with van der Waals surface area (Å²) in [5, 5.41) is 19.4. The van der Waals surface area contributed by atoms with E-state index in [2.05, 4.69) is 31.0 Å². The van der Waals surface area contributed by atoms with Crippen LogP contribution in [0, 0.1) is 6.92 Å². The molecule has 0 amide bonds. The van der Waals surface area contributed by atoms with Crippen LogP contribution in [0.5, 0.6) is 0 Å². The molecular weight excluding hydrogens is 354 g/mol. The standard InChI is InChI=1S/C20H19N7O/c1-13-2-4-14(5-3-13)19-22-18(28-24-19)12-21-16-8-6-15(7-9-16)20-23-25-26-27(20)17-10-11-17/h2-9,17,21H,10-12H2,1H3. The Morgan fingerprint density at radius 1 is 1.04 bits per heavy atom. The molecule has 2 aromatic carbocycles. The van der Waals surface area contributed by atoms with Gasteiger partial charge in [-0.3, -0.25) is 0 Å². The molecule has 1 aliphatic carbocycles. The molecule has 2 aromatic heterocycles. The molecule has 0 bridgehead atoms. The van der Waals surface area contributed by atoms with Crippen LogP contribution in [0.2, 0.25) is 0 Å². The molecule has 0 atom stereocenters. The first-order valence-corrected chi connectivity index (χ1v) is 9.28. The fourth-order valence-corrected chi connectivity index (χ4v) is 3.01. The lowest BCUT2D eigenvalue weighted by Crippen LogP contribution is -2.01. The second kappa shape index (κ2) is 6.88. The maximum Gasteiger partial charge on any atom is 0.246 e. The SMILES string of the molecule is Cc1ccc(-c2noc(CNc3ccc(-c4nnnn4C4CC4)cc3)n2)cc1. The van der Waals surface area contributed by atoms with Crippen molar-refractivity contribution in [3.05, 3.63) is 60.0 Å². The zero-order valence-electron chi connectivity index (χ0n) is 15.4. The molecule has 1 fully saturated rings. The summed E-state index contributed by atoms with van der Waals surface area (Å²) in [6, 6.07) is 16.5. The molecule has 1 aliphatic rings. The second-order valence-electron chi connectivity index (χ2n) is 6.99. The minimum absolute atomic E-state index is 0.447. The van der Waals surface area contributed by atoms with Crippen molar-refractivity contribution < 1.29 is 4.52 Å². The Balaban J connectivity index is 1.25. The van der Waals surface area contributed by atoms with Crippen LogP contribution >= 0.6 is 0 Å². The van der Waals surface area contributed by atoms with Crippen LogP contribution in [0.3, 0.4) is 0 Å². The summed E-state index contributed by atoms with van der Waals surface area (Å²) in [4.78, 5) is 4.45. The average Bonchev–Trinajstić information content (AvgIpc) is 3.26. The molecular formula is C20H19N7O. The molecule has 5 rings (SSSR count). The third kappa shape index (κ3) is 3.36. The van der Waals surface area contributed by atoms with Crippen molar-refractivity contribution in [2.75, 3.05) is 5.32 Å². The van der Waals surface area contributed by atoms with E-state index in [1.165, 1.54) is 5.56 Å². The number of anilines is 1. The summed E-state index contributed by atoms with van der Waals surface area (Å²) >= 11 is 0. The molecule has 1 N–H and O–H groups in total. The molecule has 0 saturated heterocycles. The molecule has 1 saturated carbocycles. The van der Waals surface area contributed by atoms with Gasteiger partial charge in [0.25, 0.3) is 0 Å². The Morgan fingerprint density at radius 3 is 2.54 bits per heavy atom. The summed E-state index contributed by atoms with van der Waals surface area (Å²) in [5.74, 6) is 1.95. The van der Waals surface area contributed by atoms with E-state index in [9.17, 15) is 0 Å². The highest BCUT2D eigenvalue weighted by Crippen LogP contribution is 2.36. The van der Waals surface area contributed by atoms with Gasteiger partial charge in [-0.15, -0.1) is 5.10 Å². The van der Waals surface area contributed by atoms with Gasteiger partial charge in [-0.05, 0) is 54.5 Å². The molecule has 8 nitrogen and oxygen atoms in total. The third-order valence-electron chi connectivity index (χ3n) is 4.75. The Morgan fingerprint density at radius 2 is 1.79 bits per heavy atom. The highest BCUT2D eigenvalue weighted by Gasteiger charge is 2.28. The summed E-state index contributed by atoms with van der Waals surface area (Å²) in [6.45, 7) is 2.50. The Bertz CT molecular complexity index is 1080. The second-order valence-corrected chi connectivity index (χ2v) is 6.99. The molecule has 28 heavy (non-hydrogen) atoms. The van der Waals surface area contributed by atoms with Crippen LogP contribution in [0.25, 0.3) is 22.8 Å². The molecule has 0 aliphatic heterocycles. The highest BCUT2D eigenvalue weighted by molar-refractivity contribution is 5.60. The summed E-state index contributed by atoms with van der Waals surface area (Å²) in [6.07, 6.45) is 2.29. The van der Waals surface area contributed by atoms with E-state index in [1.807, 2.05) is 60.1 Å². The van der Waals surface area contributed by atoms with Gasteiger partial charge in [-0.2, -0.15) is 4.98 Å². The van der Waals surface area contributed by atoms with Gasteiger partial charge in [0.2, 0.25) is 11.7 Å². The summed E-state index contributed by atoms with van der Waals surface area (Å²) < 4.78 is 7.26. The van der Waals surface area contributed by atoms with Crippen LogP contribution in [0.15, 0.2) is 53.1 Å². The molecule has 140 valence electrons. The van der Waals surface area contributed by atoms with Crippen LogP contribution in [0.1, 0.15) is 30.3 Å². The highest BCUT2D eigenvalue weighted by atomic mass is 16.5. The van der Waals surface area contributed by atoms with Crippen molar-refractivity contribution in [1.82, 2.24) is 30.3 Å². The van der Waals surface area contributed by atoms with Crippen LogP contribution in [-0.4, -0.2) is 30.3 Å². The topological polar surface area (TPSA) is 94.5 Å². The maximum atomic E-state index is 5.35. The molecule has 8 heteroatoms. The van der Waals surface area contributed by atoms with Crippen molar-refractivity contribution in [3.8, 4) is 22.8 Å². The predicted molar refractivity (Wildman–Crippen MR) is 103 cm³/mol. The van der Waals surface area contributed by atoms with E-state index in [-0.39, 0.29) is 0 Å². The first kappa shape index (κ1) is 16.6. The maximum absolute atomic E-state index is 5.35. The number of nitrogens with zero attached hydrogens (tertiary/aromatic N) is 6. The van der Waals surface area contributed by atoms with Crippen molar-refractivity contribution >= 4 is 5.69 Å². The first-order chi connectivity index (χ1) is 13.8. The summed E-state index contributed by atoms with van der Waals surface area (Å²) in [5.41, 5.74) is 4.10. The normalized spacial score (nSPS) is 13.6. The van der Waals surface area contributed by atoms with Gasteiger partial charge in [0.15, 0.2) is 5.82 Å². The zero-order valence-corrected chi connectivity index (χ0v) is 15.4. The lowest BCUT2D eigenvalue weighted by Gasteiger charge is -2.06.